The smallest absolute Gasteiger partial charge is 0.256 e. The minimum absolute atomic E-state index is 0.250. The average Bonchev–Trinajstić information content (AvgIpc) is 3.01. The summed E-state index contributed by atoms with van der Waals surface area (Å²) in [6.45, 7) is 1.87. The molecule has 7 heteroatoms. The maximum absolute atomic E-state index is 13.2. The summed E-state index contributed by atoms with van der Waals surface area (Å²) in [5, 5.41) is 8.64. The molecule has 0 aliphatic heterocycles. The number of hydrogen-bond donors (Lipinski definition) is 1. The molecule has 4 rings (SSSR count). The first-order chi connectivity index (χ1) is 14.0. The number of methoxy groups -OCH3 is 1. The average molecular weight is 407 g/mol. The summed E-state index contributed by atoms with van der Waals surface area (Å²) >= 11 is 6.05. The van der Waals surface area contributed by atoms with Crippen LogP contribution in [0, 0.1) is 6.92 Å². The van der Waals surface area contributed by atoms with E-state index >= 15 is 0 Å². The highest BCUT2D eigenvalue weighted by molar-refractivity contribution is 6.31. The van der Waals surface area contributed by atoms with E-state index < -0.39 is 0 Å². The van der Waals surface area contributed by atoms with Crippen LogP contribution in [0.25, 0.3) is 22.3 Å². The highest BCUT2D eigenvalue weighted by Gasteiger charge is 2.19. The van der Waals surface area contributed by atoms with E-state index in [9.17, 15) is 4.79 Å². The quantitative estimate of drug-likeness (QED) is 0.525. The Bertz CT molecular complexity index is 1230. The first-order valence-electron chi connectivity index (χ1n) is 9.02. The number of aromatic nitrogens is 3. The number of carbonyl (C=O) groups excluding carboxylic acids is 1. The van der Waals surface area contributed by atoms with Crippen LogP contribution in [-0.4, -0.2) is 27.8 Å². The molecule has 0 aliphatic carbocycles. The lowest BCUT2D eigenvalue weighted by Crippen LogP contribution is -2.13. The van der Waals surface area contributed by atoms with Gasteiger partial charge < -0.3 is 10.1 Å². The van der Waals surface area contributed by atoms with Crippen LogP contribution < -0.4 is 10.1 Å². The summed E-state index contributed by atoms with van der Waals surface area (Å²) < 4.78 is 7.01. The lowest BCUT2D eigenvalue weighted by atomic mass is 10.0. The predicted molar refractivity (Wildman–Crippen MR) is 115 cm³/mol. The maximum atomic E-state index is 13.2. The van der Waals surface area contributed by atoms with Crippen molar-refractivity contribution in [3.63, 3.8) is 0 Å². The number of nitrogens with zero attached hydrogens (tertiary/aromatic N) is 3. The van der Waals surface area contributed by atoms with E-state index in [1.807, 2.05) is 38.2 Å². The van der Waals surface area contributed by atoms with Crippen molar-refractivity contribution in [1.82, 2.24) is 14.8 Å². The van der Waals surface area contributed by atoms with Crippen molar-refractivity contribution in [1.29, 1.82) is 0 Å². The monoisotopic (exact) mass is 406 g/mol. The topological polar surface area (TPSA) is 69.0 Å². The van der Waals surface area contributed by atoms with Gasteiger partial charge in [0, 0.05) is 23.3 Å². The molecule has 0 unspecified atom stereocenters. The van der Waals surface area contributed by atoms with Crippen LogP contribution in [0.5, 0.6) is 5.75 Å². The third-order valence-electron chi connectivity index (χ3n) is 4.66. The molecule has 0 saturated carbocycles. The van der Waals surface area contributed by atoms with Crippen LogP contribution in [0.2, 0.25) is 5.02 Å². The van der Waals surface area contributed by atoms with Crippen LogP contribution in [0.15, 0.2) is 54.6 Å². The number of anilines is 1. The Hall–Kier alpha value is -3.38. The number of ether oxygens (including phenoxy) is 1. The first-order valence-corrected chi connectivity index (χ1v) is 9.40. The summed E-state index contributed by atoms with van der Waals surface area (Å²) in [5.41, 5.74) is 4.01. The minimum Gasteiger partial charge on any atom is -0.497 e. The van der Waals surface area contributed by atoms with Crippen LogP contribution in [-0.2, 0) is 7.05 Å². The van der Waals surface area contributed by atoms with Gasteiger partial charge in [0.25, 0.3) is 5.91 Å². The number of halogens is 1. The highest BCUT2D eigenvalue weighted by atomic mass is 35.5. The van der Waals surface area contributed by atoms with Crippen molar-refractivity contribution >= 4 is 34.2 Å². The second-order valence-corrected chi connectivity index (χ2v) is 7.10. The molecule has 146 valence electrons. The molecule has 0 aliphatic rings. The Balaban J connectivity index is 1.86. The van der Waals surface area contributed by atoms with Gasteiger partial charge in [0.15, 0.2) is 5.65 Å². The molecule has 2 heterocycles. The highest BCUT2D eigenvalue weighted by Crippen LogP contribution is 2.29. The lowest BCUT2D eigenvalue weighted by Gasteiger charge is -2.10. The van der Waals surface area contributed by atoms with E-state index in [-0.39, 0.29) is 5.91 Å². The summed E-state index contributed by atoms with van der Waals surface area (Å²) in [5.74, 6) is 0.468. The molecule has 1 N–H and O–H groups in total. The number of aryl methyl sites for hydroxylation is 2. The van der Waals surface area contributed by atoms with Gasteiger partial charge in [-0.3, -0.25) is 9.48 Å². The molecule has 2 aromatic carbocycles. The Kier molecular flexibility index (Phi) is 4.94. The van der Waals surface area contributed by atoms with Crippen molar-refractivity contribution in [3.8, 4) is 17.0 Å². The molecule has 6 nitrogen and oxygen atoms in total. The van der Waals surface area contributed by atoms with Crippen LogP contribution in [0.3, 0.4) is 0 Å². The molecule has 1 amide bonds. The molecule has 0 fully saturated rings. The van der Waals surface area contributed by atoms with Gasteiger partial charge in [-0.25, -0.2) is 4.98 Å². The number of pyridine rings is 1. The summed E-state index contributed by atoms with van der Waals surface area (Å²) in [6, 6.07) is 16.4. The van der Waals surface area contributed by atoms with Crippen molar-refractivity contribution in [3.05, 3.63) is 70.9 Å². The van der Waals surface area contributed by atoms with Gasteiger partial charge in [0.2, 0.25) is 0 Å². The Labute approximate surface area is 173 Å². The summed E-state index contributed by atoms with van der Waals surface area (Å²) in [6.07, 6.45) is 0. The second kappa shape index (κ2) is 7.56. The number of fused-ring (bicyclic) bond motifs is 1. The fourth-order valence-corrected chi connectivity index (χ4v) is 3.51. The fourth-order valence-electron chi connectivity index (χ4n) is 3.32. The number of hydrogen-bond acceptors (Lipinski definition) is 4. The molecule has 0 spiro atoms. The number of rotatable bonds is 4. The normalized spacial score (nSPS) is 10.9. The second-order valence-electron chi connectivity index (χ2n) is 6.66. The number of benzene rings is 2. The van der Waals surface area contributed by atoms with Crippen molar-refractivity contribution in [2.75, 3.05) is 12.4 Å². The zero-order valence-corrected chi connectivity index (χ0v) is 17.0. The maximum Gasteiger partial charge on any atom is 0.256 e. The molecule has 0 bridgehead atoms. The van der Waals surface area contributed by atoms with E-state index in [0.29, 0.717) is 27.6 Å². The van der Waals surface area contributed by atoms with Gasteiger partial charge in [-0.2, -0.15) is 5.10 Å². The van der Waals surface area contributed by atoms with Gasteiger partial charge in [-0.1, -0.05) is 29.8 Å². The van der Waals surface area contributed by atoms with E-state index in [4.69, 9.17) is 21.3 Å². The van der Waals surface area contributed by atoms with Gasteiger partial charge >= 0.3 is 0 Å². The van der Waals surface area contributed by atoms with E-state index in [1.165, 1.54) is 0 Å². The lowest BCUT2D eigenvalue weighted by molar-refractivity contribution is 0.102. The molecule has 0 radical (unpaired) electrons. The van der Waals surface area contributed by atoms with Gasteiger partial charge in [0.1, 0.15) is 5.75 Å². The van der Waals surface area contributed by atoms with Crippen LogP contribution in [0.4, 0.5) is 5.69 Å². The standard InChI is InChI=1S/C22H19ClN4O2/c1-13-20-18(22(28)24-16-8-5-7-15(23)11-16)12-19(25-21(20)27(2)26-13)14-6-4-9-17(10-14)29-3/h4-12H,1-3H3,(H,24,28). The largest absolute Gasteiger partial charge is 0.497 e. The Morgan fingerprint density at radius 3 is 2.69 bits per heavy atom. The third kappa shape index (κ3) is 3.67. The van der Waals surface area contributed by atoms with E-state index in [0.717, 1.165) is 22.4 Å². The minimum atomic E-state index is -0.250. The van der Waals surface area contributed by atoms with Crippen molar-refractivity contribution < 1.29 is 9.53 Å². The summed E-state index contributed by atoms with van der Waals surface area (Å²) in [7, 11) is 3.43. The summed E-state index contributed by atoms with van der Waals surface area (Å²) in [4.78, 5) is 17.9. The zero-order chi connectivity index (χ0) is 20.5. The number of nitrogens with one attached hydrogen (secondary N) is 1. The Morgan fingerprint density at radius 1 is 1.14 bits per heavy atom. The molecule has 0 saturated heterocycles. The zero-order valence-electron chi connectivity index (χ0n) is 16.2. The number of carbonyl (C=O) groups is 1. The molecular weight excluding hydrogens is 388 g/mol. The van der Waals surface area contributed by atoms with Crippen molar-refractivity contribution in [2.45, 2.75) is 6.92 Å². The SMILES string of the molecule is COc1cccc(-c2cc(C(=O)Nc3cccc(Cl)c3)c3c(C)nn(C)c3n2)c1. The van der Waals surface area contributed by atoms with Gasteiger partial charge in [-0.05, 0) is 43.3 Å². The van der Waals surface area contributed by atoms with Crippen LogP contribution >= 0.6 is 11.6 Å². The fraction of sp³-hybridized carbons (Fsp3) is 0.136. The van der Waals surface area contributed by atoms with Crippen molar-refractivity contribution in [2.24, 2.45) is 7.05 Å². The third-order valence-corrected chi connectivity index (χ3v) is 4.90. The molecule has 0 atom stereocenters. The molecular formula is C22H19ClN4O2. The first kappa shape index (κ1) is 19.0. The predicted octanol–water partition coefficient (Wildman–Crippen LogP) is 4.86. The van der Waals surface area contributed by atoms with E-state index in [1.54, 1.807) is 42.1 Å². The number of amides is 1. The molecule has 2 aromatic heterocycles. The molecule has 4 aromatic rings. The van der Waals surface area contributed by atoms with Crippen LogP contribution in [0.1, 0.15) is 16.1 Å². The van der Waals surface area contributed by atoms with Gasteiger partial charge in [-0.15, -0.1) is 0 Å². The van der Waals surface area contributed by atoms with E-state index in [2.05, 4.69) is 10.4 Å². The Morgan fingerprint density at radius 2 is 1.93 bits per heavy atom. The molecule has 29 heavy (non-hydrogen) atoms. The van der Waals surface area contributed by atoms with Gasteiger partial charge in [0.05, 0.1) is 29.4 Å².